The van der Waals surface area contributed by atoms with Crippen LogP contribution in [-0.4, -0.2) is 0 Å². The number of rotatable bonds is 1. The summed E-state index contributed by atoms with van der Waals surface area (Å²) in [5.74, 6) is -0.340. The van der Waals surface area contributed by atoms with Crippen molar-refractivity contribution in [2.75, 3.05) is 0 Å². The number of benzene rings is 2. The van der Waals surface area contributed by atoms with Crippen LogP contribution >= 0.6 is 23.2 Å². The summed E-state index contributed by atoms with van der Waals surface area (Å²) in [6.07, 6.45) is 0. The molecule has 2 aromatic rings. The Balaban J connectivity index is 2.69. The van der Waals surface area contributed by atoms with Crippen LogP contribution in [0.5, 0.6) is 0 Å². The normalized spacial score (nSPS) is 10.3. The zero-order valence-electron chi connectivity index (χ0n) is 7.60. The summed E-state index contributed by atoms with van der Waals surface area (Å²) in [5.41, 5.74) is 0.914. The lowest BCUT2D eigenvalue weighted by atomic mass is 10.1. The molecule has 0 aliphatic carbocycles. The summed E-state index contributed by atoms with van der Waals surface area (Å²) < 4.78 is 13.5. The molecule has 0 fully saturated rings. The van der Waals surface area contributed by atoms with Crippen molar-refractivity contribution in [2.45, 2.75) is 0 Å². The van der Waals surface area contributed by atoms with Gasteiger partial charge in [0.1, 0.15) is 5.82 Å². The highest BCUT2D eigenvalue weighted by Crippen LogP contribution is 2.35. The highest BCUT2D eigenvalue weighted by Gasteiger charge is 2.11. The molecule has 2 aromatic carbocycles. The smallest absolute Gasteiger partial charge is 0.131 e. The zero-order chi connectivity index (χ0) is 10.8. The molecule has 0 aliphatic rings. The molecule has 0 aromatic heterocycles. The second kappa shape index (κ2) is 4.21. The summed E-state index contributed by atoms with van der Waals surface area (Å²) in [4.78, 5) is 0. The van der Waals surface area contributed by atoms with Gasteiger partial charge in [-0.3, -0.25) is 0 Å². The van der Waals surface area contributed by atoms with E-state index in [1.54, 1.807) is 30.3 Å². The molecule has 0 saturated carbocycles. The van der Waals surface area contributed by atoms with Gasteiger partial charge >= 0.3 is 0 Å². The Bertz CT molecular complexity index is 474. The fourth-order valence-corrected chi connectivity index (χ4v) is 1.95. The van der Waals surface area contributed by atoms with E-state index in [-0.39, 0.29) is 5.82 Å². The Morgan fingerprint density at radius 3 is 2.20 bits per heavy atom. The molecule has 0 bridgehead atoms. The van der Waals surface area contributed by atoms with Gasteiger partial charge in [0, 0.05) is 11.1 Å². The second-order valence-electron chi connectivity index (χ2n) is 3.01. The van der Waals surface area contributed by atoms with Crippen LogP contribution in [0.3, 0.4) is 0 Å². The number of hydrogen-bond acceptors (Lipinski definition) is 0. The predicted octanol–water partition coefficient (Wildman–Crippen LogP) is 4.60. The van der Waals surface area contributed by atoms with Gasteiger partial charge in [-0.1, -0.05) is 41.4 Å². The highest BCUT2D eigenvalue weighted by atomic mass is 35.5. The van der Waals surface area contributed by atoms with E-state index in [1.165, 1.54) is 6.07 Å². The average Bonchev–Trinajstić information content (AvgIpc) is 2.20. The molecule has 3 heteroatoms. The Labute approximate surface area is 97.3 Å². The van der Waals surface area contributed by atoms with E-state index in [0.29, 0.717) is 21.2 Å². The summed E-state index contributed by atoms with van der Waals surface area (Å²) in [6.45, 7) is 0. The average molecular weight is 240 g/mol. The van der Waals surface area contributed by atoms with Crippen molar-refractivity contribution < 1.29 is 4.39 Å². The van der Waals surface area contributed by atoms with Crippen LogP contribution < -0.4 is 0 Å². The summed E-state index contributed by atoms with van der Waals surface area (Å²) in [5, 5.41) is 0.792. The van der Waals surface area contributed by atoms with Gasteiger partial charge in [0.25, 0.3) is 0 Å². The first-order chi connectivity index (χ1) is 7.20. The van der Waals surface area contributed by atoms with E-state index in [2.05, 4.69) is 6.07 Å². The van der Waals surface area contributed by atoms with Crippen LogP contribution in [0.15, 0.2) is 36.4 Å². The maximum Gasteiger partial charge on any atom is 0.131 e. The first-order valence-electron chi connectivity index (χ1n) is 4.30. The van der Waals surface area contributed by atoms with Crippen molar-refractivity contribution in [3.63, 3.8) is 0 Å². The van der Waals surface area contributed by atoms with Gasteiger partial charge in [0.15, 0.2) is 0 Å². The van der Waals surface area contributed by atoms with Gasteiger partial charge < -0.3 is 0 Å². The molecule has 0 spiro atoms. The monoisotopic (exact) mass is 239 g/mol. The molecule has 2 rings (SSSR count). The maximum absolute atomic E-state index is 13.5. The van der Waals surface area contributed by atoms with Gasteiger partial charge in [-0.25, -0.2) is 4.39 Å². The molecule has 0 unspecified atom stereocenters. The van der Waals surface area contributed by atoms with Crippen LogP contribution in [0.4, 0.5) is 4.39 Å². The van der Waals surface area contributed by atoms with Crippen molar-refractivity contribution in [1.82, 2.24) is 0 Å². The third-order valence-electron chi connectivity index (χ3n) is 2.04. The molecule has 1 radical (unpaired) electrons. The lowest BCUT2D eigenvalue weighted by molar-refractivity contribution is 0.631. The van der Waals surface area contributed by atoms with Gasteiger partial charge in [-0.05, 0) is 24.3 Å². The van der Waals surface area contributed by atoms with Crippen LogP contribution in [0, 0.1) is 11.9 Å². The third-order valence-corrected chi connectivity index (χ3v) is 2.64. The topological polar surface area (TPSA) is 0 Å². The summed E-state index contributed by atoms with van der Waals surface area (Å²) >= 11 is 11.9. The van der Waals surface area contributed by atoms with Crippen molar-refractivity contribution >= 4 is 23.2 Å². The van der Waals surface area contributed by atoms with E-state index < -0.39 is 0 Å². The fraction of sp³-hybridized carbons (Fsp3) is 0. The Morgan fingerprint density at radius 2 is 1.60 bits per heavy atom. The van der Waals surface area contributed by atoms with E-state index in [4.69, 9.17) is 23.2 Å². The first-order valence-corrected chi connectivity index (χ1v) is 5.05. The van der Waals surface area contributed by atoms with Crippen LogP contribution in [-0.2, 0) is 0 Å². The lowest BCUT2D eigenvalue weighted by Gasteiger charge is -2.07. The number of hydrogen-bond donors (Lipinski definition) is 0. The molecule has 0 amide bonds. The summed E-state index contributed by atoms with van der Waals surface area (Å²) in [7, 11) is 0. The molecular formula is C12H6Cl2F. The SMILES string of the molecule is Fc1ccccc1-c1c(Cl)c[c]cc1Cl. The van der Waals surface area contributed by atoms with E-state index >= 15 is 0 Å². The Morgan fingerprint density at radius 1 is 1.00 bits per heavy atom. The molecule has 0 aliphatic heterocycles. The Kier molecular flexibility index (Phi) is 2.94. The maximum atomic E-state index is 13.5. The molecule has 0 nitrogen and oxygen atoms in total. The van der Waals surface area contributed by atoms with Crippen molar-refractivity contribution in [3.05, 3.63) is 58.3 Å². The molecule has 0 atom stereocenters. The van der Waals surface area contributed by atoms with Crippen LogP contribution in [0.25, 0.3) is 11.1 Å². The second-order valence-corrected chi connectivity index (χ2v) is 3.82. The van der Waals surface area contributed by atoms with E-state index in [0.717, 1.165) is 0 Å². The molecule has 0 saturated heterocycles. The summed E-state index contributed by atoms with van der Waals surface area (Å²) in [6, 6.07) is 12.3. The standard InChI is InChI=1S/C12H6Cl2F/c13-9-5-3-6-10(14)12(9)8-4-1-2-7-11(8)15/h1-2,4-7H. The largest absolute Gasteiger partial charge is 0.206 e. The van der Waals surface area contributed by atoms with Crippen molar-refractivity contribution in [1.29, 1.82) is 0 Å². The minimum absolute atomic E-state index is 0.340. The first kappa shape index (κ1) is 10.5. The van der Waals surface area contributed by atoms with Gasteiger partial charge in [-0.2, -0.15) is 0 Å². The van der Waals surface area contributed by atoms with Gasteiger partial charge in [0.05, 0.1) is 10.0 Å². The van der Waals surface area contributed by atoms with E-state index in [9.17, 15) is 4.39 Å². The lowest BCUT2D eigenvalue weighted by Crippen LogP contribution is -1.86. The molecular weight excluding hydrogens is 234 g/mol. The Hall–Kier alpha value is -1.05. The van der Waals surface area contributed by atoms with Gasteiger partial charge in [-0.15, -0.1) is 0 Å². The van der Waals surface area contributed by atoms with Crippen LogP contribution in [0.2, 0.25) is 10.0 Å². The molecule has 0 heterocycles. The van der Waals surface area contributed by atoms with Crippen LogP contribution in [0.1, 0.15) is 0 Å². The molecule has 75 valence electrons. The quantitative estimate of drug-likeness (QED) is 0.683. The van der Waals surface area contributed by atoms with E-state index in [1.807, 2.05) is 0 Å². The van der Waals surface area contributed by atoms with Crippen molar-refractivity contribution in [2.24, 2.45) is 0 Å². The molecule has 15 heavy (non-hydrogen) atoms. The minimum atomic E-state index is -0.340. The van der Waals surface area contributed by atoms with Crippen molar-refractivity contribution in [3.8, 4) is 11.1 Å². The minimum Gasteiger partial charge on any atom is -0.206 e. The van der Waals surface area contributed by atoms with Gasteiger partial charge in [0.2, 0.25) is 0 Å². The highest BCUT2D eigenvalue weighted by molar-refractivity contribution is 6.39. The third kappa shape index (κ3) is 1.99. The zero-order valence-corrected chi connectivity index (χ0v) is 9.11. The molecule has 0 N–H and O–H groups in total. The fourth-order valence-electron chi connectivity index (χ4n) is 1.37. The predicted molar refractivity (Wildman–Crippen MR) is 60.7 cm³/mol. The number of halogens is 3.